The summed E-state index contributed by atoms with van der Waals surface area (Å²) < 4.78 is 46.7. The molecule has 2 aromatic rings. The van der Waals surface area contributed by atoms with Gasteiger partial charge in [-0.2, -0.15) is 0 Å². The van der Waals surface area contributed by atoms with Crippen molar-refractivity contribution in [1.82, 2.24) is 4.72 Å². The highest BCUT2D eigenvalue weighted by molar-refractivity contribution is 7.89. The van der Waals surface area contributed by atoms with Crippen molar-refractivity contribution in [3.8, 4) is 0 Å². The van der Waals surface area contributed by atoms with Crippen molar-refractivity contribution < 1.29 is 17.5 Å². The first-order chi connectivity index (χ1) is 10.4. The number of nitrogens with one attached hydrogen (secondary N) is 1. The molecule has 0 bridgehead atoms. The molecule has 1 fully saturated rings. The number of hydrogen-bond donors (Lipinski definition) is 1. The Labute approximate surface area is 128 Å². The summed E-state index contributed by atoms with van der Waals surface area (Å²) >= 11 is 0. The summed E-state index contributed by atoms with van der Waals surface area (Å²) in [4.78, 5) is 1.79. The highest BCUT2D eigenvalue weighted by Crippen LogP contribution is 2.32. The van der Waals surface area contributed by atoms with Crippen LogP contribution in [-0.4, -0.2) is 41.8 Å². The molecule has 0 amide bonds. The first kappa shape index (κ1) is 15.2. The Morgan fingerprint density at radius 2 is 1.91 bits per heavy atom. The molecule has 5 nitrogen and oxygen atoms in total. The SMILES string of the molecule is CN(C)c1c(F)ccc2c(S(=O)(=O)NC3COC3)cccc12. The lowest BCUT2D eigenvalue weighted by molar-refractivity contribution is 0.00483. The number of nitrogens with zero attached hydrogens (tertiary/aromatic N) is 1. The van der Waals surface area contributed by atoms with Crippen molar-refractivity contribution >= 4 is 26.5 Å². The Bertz CT molecular complexity index is 817. The summed E-state index contributed by atoms with van der Waals surface area (Å²) in [6.07, 6.45) is 0. The van der Waals surface area contributed by atoms with Crippen LogP contribution in [0.15, 0.2) is 35.2 Å². The zero-order valence-corrected chi connectivity index (χ0v) is 13.2. The fraction of sp³-hybridized carbons (Fsp3) is 0.333. The van der Waals surface area contributed by atoms with Crippen molar-refractivity contribution in [2.75, 3.05) is 32.2 Å². The molecule has 0 radical (unpaired) electrons. The Kier molecular flexibility index (Phi) is 3.80. The highest BCUT2D eigenvalue weighted by atomic mass is 32.2. The second-order valence-electron chi connectivity index (χ2n) is 5.50. The van der Waals surface area contributed by atoms with Gasteiger partial charge in [-0.25, -0.2) is 17.5 Å². The average Bonchev–Trinajstić information content (AvgIpc) is 2.41. The molecule has 1 saturated heterocycles. The van der Waals surface area contributed by atoms with E-state index in [4.69, 9.17) is 4.74 Å². The van der Waals surface area contributed by atoms with Crippen LogP contribution in [-0.2, 0) is 14.8 Å². The van der Waals surface area contributed by atoms with Gasteiger partial charge in [0.1, 0.15) is 5.82 Å². The van der Waals surface area contributed by atoms with Gasteiger partial charge < -0.3 is 9.64 Å². The smallest absolute Gasteiger partial charge is 0.241 e. The van der Waals surface area contributed by atoms with Gasteiger partial charge in [0, 0.05) is 24.9 Å². The first-order valence-electron chi connectivity index (χ1n) is 6.89. The molecule has 0 aliphatic carbocycles. The number of halogens is 1. The lowest BCUT2D eigenvalue weighted by Gasteiger charge is -2.27. The summed E-state index contributed by atoms with van der Waals surface area (Å²) in [7, 11) is -0.223. The predicted octanol–water partition coefficient (Wildman–Crippen LogP) is 1.72. The lowest BCUT2D eigenvalue weighted by Crippen LogP contribution is -2.48. The molecular formula is C15H17FN2O3S. The van der Waals surface area contributed by atoms with Crippen LogP contribution in [0, 0.1) is 5.82 Å². The van der Waals surface area contributed by atoms with Gasteiger partial charge in [0.25, 0.3) is 0 Å². The summed E-state index contributed by atoms with van der Waals surface area (Å²) in [5.74, 6) is -0.382. The molecule has 22 heavy (non-hydrogen) atoms. The molecule has 0 spiro atoms. The van der Waals surface area contributed by atoms with Gasteiger partial charge in [-0.15, -0.1) is 0 Å². The number of sulfonamides is 1. The fourth-order valence-corrected chi connectivity index (χ4v) is 3.99. The number of anilines is 1. The normalized spacial score (nSPS) is 15.8. The fourth-order valence-electron chi connectivity index (χ4n) is 2.56. The maximum atomic E-state index is 14.0. The molecule has 1 heterocycles. The Morgan fingerprint density at radius 1 is 1.18 bits per heavy atom. The summed E-state index contributed by atoms with van der Waals surface area (Å²) in [6, 6.07) is 7.47. The number of ether oxygens (including phenoxy) is 1. The molecule has 118 valence electrons. The molecule has 1 N–H and O–H groups in total. The largest absolute Gasteiger partial charge is 0.378 e. The summed E-state index contributed by atoms with van der Waals surface area (Å²) in [6.45, 7) is 0.753. The van der Waals surface area contributed by atoms with Crippen LogP contribution in [0.1, 0.15) is 0 Å². The van der Waals surface area contributed by atoms with Gasteiger partial charge in [0.05, 0.1) is 29.8 Å². The van der Waals surface area contributed by atoms with Gasteiger partial charge in [0.2, 0.25) is 10.0 Å². The molecule has 0 unspecified atom stereocenters. The quantitative estimate of drug-likeness (QED) is 0.930. The number of benzene rings is 2. The van der Waals surface area contributed by atoms with E-state index in [-0.39, 0.29) is 16.8 Å². The summed E-state index contributed by atoms with van der Waals surface area (Å²) in [5, 5.41) is 1.07. The minimum atomic E-state index is -3.67. The van der Waals surface area contributed by atoms with Gasteiger partial charge >= 0.3 is 0 Å². The average molecular weight is 324 g/mol. The standard InChI is InChI=1S/C15H17FN2O3S/c1-18(2)15-12-4-3-5-14(11(12)6-7-13(15)16)22(19,20)17-10-8-21-9-10/h3-7,10,17H,8-9H2,1-2H3. The van der Waals surface area contributed by atoms with E-state index in [1.807, 2.05) is 0 Å². The molecule has 0 atom stereocenters. The first-order valence-corrected chi connectivity index (χ1v) is 8.37. The van der Waals surface area contributed by atoms with E-state index in [9.17, 15) is 12.8 Å². The van der Waals surface area contributed by atoms with Crippen LogP contribution in [0.5, 0.6) is 0 Å². The monoisotopic (exact) mass is 324 g/mol. The van der Waals surface area contributed by atoms with E-state index in [2.05, 4.69) is 4.72 Å². The lowest BCUT2D eigenvalue weighted by atomic mass is 10.1. The third-order valence-corrected chi connectivity index (χ3v) is 5.22. The zero-order valence-electron chi connectivity index (χ0n) is 12.3. The Morgan fingerprint density at radius 3 is 2.50 bits per heavy atom. The van der Waals surface area contributed by atoms with E-state index >= 15 is 0 Å². The van der Waals surface area contributed by atoms with Crippen molar-refractivity contribution in [1.29, 1.82) is 0 Å². The van der Waals surface area contributed by atoms with Crippen LogP contribution in [0.4, 0.5) is 10.1 Å². The maximum absolute atomic E-state index is 14.0. The van der Waals surface area contributed by atoms with Crippen molar-refractivity contribution in [2.24, 2.45) is 0 Å². The van der Waals surface area contributed by atoms with Crippen LogP contribution < -0.4 is 9.62 Å². The van der Waals surface area contributed by atoms with E-state index in [0.29, 0.717) is 29.7 Å². The van der Waals surface area contributed by atoms with Gasteiger partial charge in [0.15, 0.2) is 0 Å². The van der Waals surface area contributed by atoms with Gasteiger partial charge in [-0.3, -0.25) is 0 Å². The van der Waals surface area contributed by atoms with E-state index < -0.39 is 10.0 Å². The third kappa shape index (κ3) is 2.55. The van der Waals surface area contributed by atoms with E-state index in [0.717, 1.165) is 0 Å². The van der Waals surface area contributed by atoms with E-state index in [1.165, 1.54) is 18.2 Å². The van der Waals surface area contributed by atoms with Gasteiger partial charge in [-0.05, 0) is 18.2 Å². The Balaban J connectivity index is 2.17. The number of fused-ring (bicyclic) bond motifs is 1. The minimum Gasteiger partial charge on any atom is -0.378 e. The van der Waals surface area contributed by atoms with E-state index in [1.54, 1.807) is 31.1 Å². The topological polar surface area (TPSA) is 58.6 Å². The minimum absolute atomic E-state index is 0.153. The molecule has 0 saturated carbocycles. The molecule has 2 aromatic carbocycles. The van der Waals surface area contributed by atoms with Crippen LogP contribution in [0.25, 0.3) is 10.8 Å². The molecule has 0 aromatic heterocycles. The summed E-state index contributed by atoms with van der Waals surface area (Å²) in [5.41, 5.74) is 0.376. The number of rotatable bonds is 4. The van der Waals surface area contributed by atoms with Crippen LogP contribution in [0.3, 0.4) is 0 Å². The molecule has 7 heteroatoms. The van der Waals surface area contributed by atoms with Crippen molar-refractivity contribution in [2.45, 2.75) is 10.9 Å². The number of hydrogen-bond acceptors (Lipinski definition) is 4. The van der Waals surface area contributed by atoms with Crippen molar-refractivity contribution in [3.05, 3.63) is 36.1 Å². The third-order valence-electron chi connectivity index (χ3n) is 3.64. The zero-order chi connectivity index (χ0) is 15.9. The van der Waals surface area contributed by atoms with Crippen molar-refractivity contribution in [3.63, 3.8) is 0 Å². The molecule has 1 aliphatic heterocycles. The van der Waals surface area contributed by atoms with Gasteiger partial charge in [-0.1, -0.05) is 12.1 Å². The molecule has 1 aliphatic rings. The molecule has 3 rings (SSSR count). The van der Waals surface area contributed by atoms with Crippen LogP contribution in [0.2, 0.25) is 0 Å². The second-order valence-corrected chi connectivity index (χ2v) is 7.18. The predicted molar refractivity (Wildman–Crippen MR) is 83.2 cm³/mol. The Hall–Kier alpha value is -1.70. The highest BCUT2D eigenvalue weighted by Gasteiger charge is 2.27. The molecular weight excluding hydrogens is 307 g/mol. The maximum Gasteiger partial charge on any atom is 0.241 e. The van der Waals surface area contributed by atoms with Crippen LogP contribution >= 0.6 is 0 Å². The second kappa shape index (κ2) is 5.49.